The Bertz CT molecular complexity index is 630. The lowest BCUT2D eigenvalue weighted by Crippen LogP contribution is -2.06. The van der Waals surface area contributed by atoms with Gasteiger partial charge in [-0.2, -0.15) is 0 Å². The molecule has 0 bridgehead atoms. The fourth-order valence-corrected chi connectivity index (χ4v) is 1.76. The first-order chi connectivity index (χ1) is 9.61. The van der Waals surface area contributed by atoms with Crippen LogP contribution >= 0.6 is 0 Å². The van der Waals surface area contributed by atoms with E-state index in [1.165, 1.54) is 19.2 Å². The summed E-state index contributed by atoms with van der Waals surface area (Å²) in [5.74, 6) is 0.0460. The number of aromatic amines is 1. The quantitative estimate of drug-likeness (QED) is 0.671. The number of benzene rings is 1. The van der Waals surface area contributed by atoms with Gasteiger partial charge < -0.3 is 14.5 Å². The number of carbonyl (C=O) groups is 2. The van der Waals surface area contributed by atoms with Gasteiger partial charge in [0.05, 0.1) is 7.11 Å². The molecule has 0 spiro atoms. The summed E-state index contributed by atoms with van der Waals surface area (Å²) in [5, 5.41) is 0. The van der Waals surface area contributed by atoms with Gasteiger partial charge in [0.2, 0.25) is 0 Å². The van der Waals surface area contributed by atoms with Crippen molar-refractivity contribution < 1.29 is 19.1 Å². The Kier molecular flexibility index (Phi) is 4.20. The molecule has 2 rings (SSSR count). The highest BCUT2D eigenvalue weighted by atomic mass is 16.5. The van der Waals surface area contributed by atoms with E-state index in [-0.39, 0.29) is 18.1 Å². The summed E-state index contributed by atoms with van der Waals surface area (Å²) >= 11 is 0. The van der Waals surface area contributed by atoms with E-state index in [0.717, 1.165) is 5.56 Å². The largest absolute Gasteiger partial charge is 0.496 e. The number of hydrogen-bond acceptors (Lipinski definition) is 4. The minimum Gasteiger partial charge on any atom is -0.496 e. The molecule has 5 nitrogen and oxygen atoms in total. The van der Waals surface area contributed by atoms with Crippen LogP contribution in [0.4, 0.5) is 0 Å². The highest BCUT2D eigenvalue weighted by molar-refractivity contribution is 5.97. The first-order valence-electron chi connectivity index (χ1n) is 6.10. The molecule has 0 amide bonds. The molecular formula is C15H15NO4. The number of carbonyl (C=O) groups excluding carboxylic acids is 2. The topological polar surface area (TPSA) is 68.4 Å². The lowest BCUT2D eigenvalue weighted by molar-refractivity contribution is 0.0464. The first kappa shape index (κ1) is 13.9. The molecule has 0 fully saturated rings. The molecule has 0 aliphatic carbocycles. The van der Waals surface area contributed by atoms with E-state index < -0.39 is 5.97 Å². The molecule has 20 heavy (non-hydrogen) atoms. The number of aromatic nitrogens is 1. The smallest absolute Gasteiger partial charge is 0.355 e. The van der Waals surface area contributed by atoms with Gasteiger partial charge in [-0.3, -0.25) is 4.79 Å². The van der Waals surface area contributed by atoms with Gasteiger partial charge in [0.15, 0.2) is 5.78 Å². The van der Waals surface area contributed by atoms with Gasteiger partial charge in [-0.05, 0) is 19.1 Å². The fraction of sp³-hybridized carbons (Fsp3) is 0.200. The number of ketones is 1. The first-order valence-corrected chi connectivity index (χ1v) is 6.10. The third kappa shape index (κ3) is 3.06. The van der Waals surface area contributed by atoms with Gasteiger partial charge in [-0.15, -0.1) is 0 Å². The Balaban J connectivity index is 2.03. The number of methoxy groups -OCH3 is 1. The summed E-state index contributed by atoms with van der Waals surface area (Å²) in [5.41, 5.74) is 1.49. The number of rotatable bonds is 5. The maximum atomic E-state index is 11.8. The predicted molar refractivity (Wildman–Crippen MR) is 72.9 cm³/mol. The molecule has 0 saturated carbocycles. The SMILES string of the molecule is COc1ccccc1COC(=O)c1cc(C(C)=O)c[nH]1. The number of ether oxygens (including phenoxy) is 2. The zero-order chi connectivity index (χ0) is 14.5. The third-order valence-electron chi connectivity index (χ3n) is 2.86. The van der Waals surface area contributed by atoms with Crippen molar-refractivity contribution >= 4 is 11.8 Å². The Morgan fingerprint density at radius 1 is 1.25 bits per heavy atom. The Hall–Kier alpha value is -2.56. The molecule has 0 aliphatic heterocycles. The Morgan fingerprint density at radius 3 is 2.65 bits per heavy atom. The van der Waals surface area contributed by atoms with Crippen LogP contribution in [0.2, 0.25) is 0 Å². The number of H-pyrrole nitrogens is 1. The maximum Gasteiger partial charge on any atom is 0.355 e. The number of esters is 1. The summed E-state index contributed by atoms with van der Waals surface area (Å²) in [7, 11) is 1.56. The van der Waals surface area contributed by atoms with E-state index in [4.69, 9.17) is 9.47 Å². The summed E-state index contributed by atoms with van der Waals surface area (Å²) in [6.45, 7) is 1.55. The van der Waals surface area contributed by atoms with E-state index in [1.54, 1.807) is 13.2 Å². The minimum atomic E-state index is -0.511. The van der Waals surface area contributed by atoms with Crippen LogP contribution in [0, 0.1) is 0 Å². The molecule has 2 aromatic rings. The molecule has 104 valence electrons. The van der Waals surface area contributed by atoms with Crippen molar-refractivity contribution in [2.45, 2.75) is 13.5 Å². The molecule has 0 unspecified atom stereocenters. The van der Waals surface area contributed by atoms with Crippen molar-refractivity contribution in [3.63, 3.8) is 0 Å². The van der Waals surface area contributed by atoms with Gasteiger partial charge in [-0.1, -0.05) is 18.2 Å². The van der Waals surface area contributed by atoms with Crippen LogP contribution in [-0.2, 0) is 11.3 Å². The zero-order valence-electron chi connectivity index (χ0n) is 11.3. The van der Waals surface area contributed by atoms with Crippen molar-refractivity contribution in [1.82, 2.24) is 4.98 Å². The van der Waals surface area contributed by atoms with Gasteiger partial charge in [0.1, 0.15) is 18.1 Å². The van der Waals surface area contributed by atoms with E-state index in [1.807, 2.05) is 18.2 Å². The van der Waals surface area contributed by atoms with Crippen LogP contribution in [0.1, 0.15) is 33.3 Å². The molecule has 1 N–H and O–H groups in total. The summed E-state index contributed by atoms with van der Waals surface area (Å²) in [6, 6.07) is 8.78. The zero-order valence-corrected chi connectivity index (χ0v) is 11.3. The third-order valence-corrected chi connectivity index (χ3v) is 2.86. The maximum absolute atomic E-state index is 11.8. The van der Waals surface area contributed by atoms with E-state index in [2.05, 4.69) is 4.98 Å². The van der Waals surface area contributed by atoms with Crippen LogP contribution < -0.4 is 4.74 Å². The number of hydrogen-bond donors (Lipinski definition) is 1. The van der Waals surface area contributed by atoms with Crippen LogP contribution in [0.3, 0.4) is 0 Å². The number of nitrogens with one attached hydrogen (secondary N) is 1. The molecule has 0 saturated heterocycles. The molecule has 0 radical (unpaired) electrons. The molecule has 5 heteroatoms. The lowest BCUT2D eigenvalue weighted by atomic mass is 10.2. The highest BCUT2D eigenvalue weighted by Crippen LogP contribution is 2.18. The predicted octanol–water partition coefficient (Wildman–Crippen LogP) is 2.58. The Labute approximate surface area is 116 Å². The second-order valence-electron chi connectivity index (χ2n) is 4.25. The van der Waals surface area contributed by atoms with Crippen molar-refractivity contribution in [3.8, 4) is 5.75 Å². The number of para-hydroxylation sites is 1. The molecule has 1 aromatic heterocycles. The van der Waals surface area contributed by atoms with Gasteiger partial charge in [0.25, 0.3) is 0 Å². The molecule has 1 aromatic carbocycles. The van der Waals surface area contributed by atoms with E-state index in [9.17, 15) is 9.59 Å². The molecule has 0 atom stereocenters. The summed E-state index contributed by atoms with van der Waals surface area (Å²) in [6.07, 6.45) is 1.49. The van der Waals surface area contributed by atoms with Crippen LogP contribution in [-0.4, -0.2) is 23.8 Å². The summed E-state index contributed by atoms with van der Waals surface area (Å²) < 4.78 is 10.4. The fourth-order valence-electron chi connectivity index (χ4n) is 1.76. The van der Waals surface area contributed by atoms with E-state index >= 15 is 0 Å². The monoisotopic (exact) mass is 273 g/mol. The second-order valence-corrected chi connectivity index (χ2v) is 4.25. The van der Waals surface area contributed by atoms with Crippen LogP contribution in [0.5, 0.6) is 5.75 Å². The van der Waals surface area contributed by atoms with E-state index in [0.29, 0.717) is 11.3 Å². The van der Waals surface area contributed by atoms with Crippen molar-refractivity contribution in [1.29, 1.82) is 0 Å². The molecular weight excluding hydrogens is 258 g/mol. The highest BCUT2D eigenvalue weighted by Gasteiger charge is 2.13. The average molecular weight is 273 g/mol. The molecule has 0 aliphatic rings. The van der Waals surface area contributed by atoms with Crippen molar-refractivity contribution in [2.75, 3.05) is 7.11 Å². The van der Waals surface area contributed by atoms with Gasteiger partial charge >= 0.3 is 5.97 Å². The normalized spacial score (nSPS) is 10.1. The summed E-state index contributed by atoms with van der Waals surface area (Å²) in [4.78, 5) is 25.7. The van der Waals surface area contributed by atoms with Crippen molar-refractivity contribution in [2.24, 2.45) is 0 Å². The van der Waals surface area contributed by atoms with Gasteiger partial charge in [0, 0.05) is 17.3 Å². The van der Waals surface area contributed by atoms with Crippen LogP contribution in [0.15, 0.2) is 36.5 Å². The number of Topliss-reactive ketones (excluding diaryl/α,β-unsaturated/α-hetero) is 1. The van der Waals surface area contributed by atoms with Crippen LogP contribution in [0.25, 0.3) is 0 Å². The van der Waals surface area contributed by atoms with Crippen molar-refractivity contribution in [3.05, 3.63) is 53.3 Å². The van der Waals surface area contributed by atoms with Gasteiger partial charge in [-0.25, -0.2) is 4.79 Å². The average Bonchev–Trinajstić information content (AvgIpc) is 2.95. The minimum absolute atomic E-state index is 0.106. The molecule has 1 heterocycles. The second kappa shape index (κ2) is 6.06. The lowest BCUT2D eigenvalue weighted by Gasteiger charge is -2.08. The Morgan fingerprint density at radius 2 is 2.00 bits per heavy atom. The standard InChI is InChI=1S/C15H15NO4/c1-10(17)12-7-13(16-8-12)15(18)20-9-11-5-3-4-6-14(11)19-2/h3-8,16H,9H2,1-2H3.